The highest BCUT2D eigenvalue weighted by molar-refractivity contribution is 5.72. The second-order valence-electron chi connectivity index (χ2n) is 3.12. The lowest BCUT2D eigenvalue weighted by molar-refractivity contribution is 0.633. The first-order valence-corrected chi connectivity index (χ1v) is 4.30. The second kappa shape index (κ2) is 3.23. The molecule has 0 radical (unpaired) electrons. The molecular weight excluding hydrogens is 197 g/mol. The van der Waals surface area contributed by atoms with Crippen molar-refractivity contribution in [3.05, 3.63) is 24.0 Å². The van der Waals surface area contributed by atoms with Crippen LogP contribution in [0.3, 0.4) is 0 Å². The average Bonchev–Trinajstić information content (AvgIpc) is 2.51. The van der Waals surface area contributed by atoms with E-state index in [1.54, 1.807) is 19.2 Å². The van der Waals surface area contributed by atoms with Crippen LogP contribution in [-0.4, -0.2) is 14.8 Å². The molecule has 1 heterocycles. The first-order valence-electron chi connectivity index (χ1n) is 4.30. The van der Waals surface area contributed by atoms with E-state index >= 15 is 0 Å². The zero-order valence-electron chi connectivity index (χ0n) is 8.11. The molecule has 0 aliphatic carbocycles. The van der Waals surface area contributed by atoms with Crippen LogP contribution in [0.25, 0.3) is 11.4 Å². The largest absolute Gasteiger partial charge is 0.396 e. The van der Waals surface area contributed by atoms with Gasteiger partial charge in [0.2, 0.25) is 5.95 Å². The Kier molecular flexibility index (Phi) is 2.03. The maximum Gasteiger partial charge on any atom is 0.218 e. The minimum absolute atomic E-state index is 0.0306. The summed E-state index contributed by atoms with van der Waals surface area (Å²) in [6.45, 7) is 0. The highest BCUT2D eigenvalue weighted by atomic mass is 19.1. The average molecular weight is 207 g/mol. The van der Waals surface area contributed by atoms with E-state index in [0.717, 1.165) is 0 Å². The van der Waals surface area contributed by atoms with Gasteiger partial charge in [-0.1, -0.05) is 6.07 Å². The number of aryl methyl sites for hydroxylation is 1. The van der Waals surface area contributed by atoms with E-state index in [9.17, 15) is 4.39 Å². The molecule has 2 rings (SSSR count). The number of nitrogens with two attached hydrogens (primary N) is 2. The molecule has 2 aromatic rings. The fraction of sp³-hybridized carbons (Fsp3) is 0.111. The van der Waals surface area contributed by atoms with Crippen LogP contribution in [-0.2, 0) is 7.05 Å². The highest BCUT2D eigenvalue weighted by Crippen LogP contribution is 2.25. The molecule has 15 heavy (non-hydrogen) atoms. The number of benzene rings is 1. The molecule has 0 atom stereocenters. The van der Waals surface area contributed by atoms with Gasteiger partial charge in [-0.05, 0) is 12.1 Å². The maximum atomic E-state index is 13.2. The number of anilines is 2. The van der Waals surface area contributed by atoms with Crippen molar-refractivity contribution in [2.45, 2.75) is 0 Å². The lowest BCUT2D eigenvalue weighted by atomic mass is 10.1. The van der Waals surface area contributed by atoms with E-state index in [1.165, 1.54) is 10.7 Å². The van der Waals surface area contributed by atoms with Gasteiger partial charge >= 0.3 is 0 Å². The summed E-state index contributed by atoms with van der Waals surface area (Å²) < 4.78 is 14.6. The Morgan fingerprint density at radius 3 is 2.67 bits per heavy atom. The molecule has 0 aliphatic rings. The molecule has 78 valence electrons. The molecule has 5 nitrogen and oxygen atoms in total. The monoisotopic (exact) mass is 207 g/mol. The van der Waals surface area contributed by atoms with Crippen LogP contribution in [0.4, 0.5) is 16.0 Å². The number of nitrogens with zero attached hydrogens (tertiary/aromatic N) is 3. The first-order chi connectivity index (χ1) is 7.09. The quantitative estimate of drug-likeness (QED) is 0.677. The first kappa shape index (κ1) is 9.45. The van der Waals surface area contributed by atoms with Crippen molar-refractivity contribution in [3.63, 3.8) is 0 Å². The van der Waals surface area contributed by atoms with Crippen LogP contribution in [0.1, 0.15) is 0 Å². The summed E-state index contributed by atoms with van der Waals surface area (Å²) in [4.78, 5) is 3.97. The van der Waals surface area contributed by atoms with Gasteiger partial charge in [-0.25, -0.2) is 9.07 Å². The van der Waals surface area contributed by atoms with Gasteiger partial charge in [0.25, 0.3) is 0 Å². The van der Waals surface area contributed by atoms with Crippen LogP contribution in [0, 0.1) is 5.82 Å². The number of hydrogen-bond donors (Lipinski definition) is 2. The summed E-state index contributed by atoms with van der Waals surface area (Å²) in [5.41, 5.74) is 11.6. The number of aromatic nitrogens is 3. The number of nitrogen functional groups attached to an aromatic ring is 2. The zero-order valence-corrected chi connectivity index (χ0v) is 8.11. The Bertz CT molecular complexity index is 486. The minimum Gasteiger partial charge on any atom is -0.396 e. The summed E-state index contributed by atoms with van der Waals surface area (Å²) in [7, 11) is 1.65. The third-order valence-electron chi connectivity index (χ3n) is 2.09. The minimum atomic E-state index is -0.487. The van der Waals surface area contributed by atoms with E-state index in [4.69, 9.17) is 11.5 Å². The summed E-state index contributed by atoms with van der Waals surface area (Å²) in [5.74, 6) is 0.0965. The van der Waals surface area contributed by atoms with Gasteiger partial charge in [0.1, 0.15) is 5.82 Å². The molecule has 0 aliphatic heterocycles. The molecule has 4 N–H and O–H groups in total. The molecule has 1 aromatic carbocycles. The Labute approximate surface area is 85.5 Å². The van der Waals surface area contributed by atoms with Gasteiger partial charge in [-0.3, -0.25) is 0 Å². The van der Waals surface area contributed by atoms with Gasteiger partial charge in [0.05, 0.1) is 5.69 Å². The van der Waals surface area contributed by atoms with Crippen LogP contribution < -0.4 is 11.5 Å². The number of rotatable bonds is 1. The summed E-state index contributed by atoms with van der Waals surface area (Å²) in [5, 5.41) is 4.02. The van der Waals surface area contributed by atoms with Gasteiger partial charge in [-0.2, -0.15) is 4.98 Å². The van der Waals surface area contributed by atoms with Gasteiger partial charge < -0.3 is 11.5 Å². The molecule has 0 fully saturated rings. The number of halogens is 1. The molecule has 0 unspecified atom stereocenters. The molecule has 0 saturated heterocycles. The fourth-order valence-corrected chi connectivity index (χ4v) is 1.24. The normalized spacial score (nSPS) is 10.5. The topological polar surface area (TPSA) is 82.8 Å². The third-order valence-corrected chi connectivity index (χ3v) is 2.09. The molecule has 1 aromatic heterocycles. The predicted octanol–water partition coefficient (Wildman–Crippen LogP) is 0.786. The summed E-state index contributed by atoms with van der Waals surface area (Å²) >= 11 is 0. The van der Waals surface area contributed by atoms with Gasteiger partial charge in [0, 0.05) is 12.6 Å². The maximum absolute atomic E-state index is 13.2. The molecular formula is C9H10FN5. The summed E-state index contributed by atoms with van der Waals surface area (Å²) in [6.07, 6.45) is 0. The SMILES string of the molecule is Cn1nc(-c2cccc(F)c2N)nc1N. The second-order valence-corrected chi connectivity index (χ2v) is 3.12. The Morgan fingerprint density at radius 2 is 2.07 bits per heavy atom. The predicted molar refractivity (Wildman–Crippen MR) is 55.2 cm³/mol. The van der Waals surface area contributed by atoms with Crippen LogP contribution >= 0.6 is 0 Å². The lowest BCUT2D eigenvalue weighted by Crippen LogP contribution is -1.97. The van der Waals surface area contributed by atoms with E-state index in [1.807, 2.05) is 0 Å². The molecule has 6 heteroatoms. The van der Waals surface area contributed by atoms with Gasteiger partial charge in [0.15, 0.2) is 5.82 Å². The lowest BCUT2D eigenvalue weighted by Gasteiger charge is -2.01. The van der Waals surface area contributed by atoms with Crippen LogP contribution in [0.15, 0.2) is 18.2 Å². The van der Waals surface area contributed by atoms with Crippen molar-refractivity contribution < 1.29 is 4.39 Å². The smallest absolute Gasteiger partial charge is 0.218 e. The molecule has 0 spiro atoms. The van der Waals surface area contributed by atoms with E-state index < -0.39 is 5.82 Å². The molecule has 0 saturated carbocycles. The Morgan fingerprint density at radius 1 is 1.33 bits per heavy atom. The third kappa shape index (κ3) is 1.50. The van der Waals surface area contributed by atoms with Crippen molar-refractivity contribution in [3.8, 4) is 11.4 Å². The van der Waals surface area contributed by atoms with E-state index in [-0.39, 0.29) is 11.6 Å². The van der Waals surface area contributed by atoms with Crippen molar-refractivity contribution in [2.75, 3.05) is 11.5 Å². The molecule has 0 amide bonds. The summed E-state index contributed by atoms with van der Waals surface area (Å²) in [6, 6.07) is 4.48. The fourth-order valence-electron chi connectivity index (χ4n) is 1.24. The highest BCUT2D eigenvalue weighted by Gasteiger charge is 2.12. The van der Waals surface area contributed by atoms with Crippen molar-refractivity contribution in [2.24, 2.45) is 7.05 Å². The standard InChI is InChI=1S/C9H10FN5/c1-15-9(12)13-8(14-15)5-3-2-4-6(10)7(5)11/h2-4H,11H2,1H3,(H2,12,13,14). The van der Waals surface area contributed by atoms with Crippen molar-refractivity contribution >= 4 is 11.6 Å². The van der Waals surface area contributed by atoms with Gasteiger partial charge in [-0.15, -0.1) is 5.10 Å². The zero-order chi connectivity index (χ0) is 11.0. The Balaban J connectivity index is 2.59. The number of para-hydroxylation sites is 1. The number of hydrogen-bond acceptors (Lipinski definition) is 4. The van der Waals surface area contributed by atoms with Crippen molar-refractivity contribution in [1.82, 2.24) is 14.8 Å². The van der Waals surface area contributed by atoms with Crippen molar-refractivity contribution in [1.29, 1.82) is 0 Å². The van der Waals surface area contributed by atoms with Crippen LogP contribution in [0.5, 0.6) is 0 Å². The van der Waals surface area contributed by atoms with E-state index in [0.29, 0.717) is 11.4 Å². The van der Waals surface area contributed by atoms with E-state index in [2.05, 4.69) is 10.1 Å². The molecule has 0 bridgehead atoms. The Hall–Kier alpha value is -2.11. The van der Waals surface area contributed by atoms with Crippen LogP contribution in [0.2, 0.25) is 0 Å².